The number of phenolic OH excluding ortho intramolecular Hbond substituents is 3. The molecule has 0 fully saturated rings. The summed E-state index contributed by atoms with van der Waals surface area (Å²) >= 11 is 0. The number of aromatic hydroxyl groups is 3. The van der Waals surface area contributed by atoms with Gasteiger partial charge in [0.1, 0.15) is 0 Å². The highest BCUT2D eigenvalue weighted by molar-refractivity contribution is 6.07. The lowest BCUT2D eigenvalue weighted by molar-refractivity contribution is 0.0696. The van der Waals surface area contributed by atoms with Gasteiger partial charge in [0.25, 0.3) is 5.91 Å². The van der Waals surface area contributed by atoms with Crippen molar-refractivity contribution in [3.8, 4) is 17.2 Å². The number of rotatable bonds is 3. The first-order valence-corrected chi connectivity index (χ1v) is 5.78. The number of phenols is 3. The molecule has 0 aliphatic heterocycles. The van der Waals surface area contributed by atoms with Gasteiger partial charge in [-0.2, -0.15) is 0 Å². The van der Waals surface area contributed by atoms with E-state index in [1.807, 2.05) is 0 Å². The predicted octanol–water partition coefficient (Wildman–Crippen LogP) is 1.75. The van der Waals surface area contributed by atoms with Gasteiger partial charge in [0.2, 0.25) is 5.75 Å². The van der Waals surface area contributed by atoms with Crippen LogP contribution in [0.25, 0.3) is 0 Å². The molecule has 0 saturated heterocycles. The van der Waals surface area contributed by atoms with Gasteiger partial charge in [-0.15, -0.1) is 0 Å². The van der Waals surface area contributed by atoms with Crippen LogP contribution in [0.15, 0.2) is 36.4 Å². The number of carboxylic acid groups (broad SMARTS) is 1. The Bertz CT molecular complexity index is 725. The zero-order valence-electron chi connectivity index (χ0n) is 10.6. The summed E-state index contributed by atoms with van der Waals surface area (Å²) in [6, 6.07) is 7.71. The van der Waals surface area contributed by atoms with E-state index in [-0.39, 0.29) is 16.8 Å². The number of hydrogen-bond donors (Lipinski definition) is 5. The maximum absolute atomic E-state index is 12.0. The Morgan fingerprint density at radius 3 is 2.33 bits per heavy atom. The van der Waals surface area contributed by atoms with Crippen LogP contribution in [-0.2, 0) is 0 Å². The lowest BCUT2D eigenvalue weighted by Crippen LogP contribution is -2.12. The molecule has 0 spiro atoms. The van der Waals surface area contributed by atoms with Crippen molar-refractivity contribution in [1.29, 1.82) is 0 Å². The second kappa shape index (κ2) is 5.41. The van der Waals surface area contributed by atoms with Crippen molar-refractivity contribution in [2.24, 2.45) is 0 Å². The molecule has 0 aliphatic carbocycles. The topological polar surface area (TPSA) is 127 Å². The molecule has 0 bridgehead atoms. The normalized spacial score (nSPS) is 10.1. The van der Waals surface area contributed by atoms with Crippen molar-refractivity contribution in [3.63, 3.8) is 0 Å². The van der Waals surface area contributed by atoms with Gasteiger partial charge in [-0.05, 0) is 30.3 Å². The standard InChI is InChI=1S/C14H11NO6/c16-10-5-4-9(11(17)12(10)18)13(19)15-8-3-1-2-7(6-8)14(20)21/h1-6,16-18H,(H,15,19)(H,20,21). The lowest BCUT2D eigenvalue weighted by Gasteiger charge is -2.09. The molecule has 0 atom stereocenters. The van der Waals surface area contributed by atoms with Crippen LogP contribution in [0.3, 0.4) is 0 Å². The van der Waals surface area contributed by atoms with Gasteiger partial charge in [-0.3, -0.25) is 4.79 Å². The first-order chi connectivity index (χ1) is 9.90. The van der Waals surface area contributed by atoms with Crippen LogP contribution in [0.2, 0.25) is 0 Å². The van der Waals surface area contributed by atoms with Crippen LogP contribution in [0.1, 0.15) is 20.7 Å². The van der Waals surface area contributed by atoms with Gasteiger partial charge in [0.05, 0.1) is 11.1 Å². The summed E-state index contributed by atoms with van der Waals surface area (Å²) in [7, 11) is 0. The summed E-state index contributed by atoms with van der Waals surface area (Å²) in [4.78, 5) is 22.8. The van der Waals surface area contributed by atoms with Crippen LogP contribution in [-0.4, -0.2) is 32.3 Å². The minimum absolute atomic E-state index is 0.00873. The van der Waals surface area contributed by atoms with Gasteiger partial charge < -0.3 is 25.7 Å². The summed E-state index contributed by atoms with van der Waals surface area (Å²) in [6.07, 6.45) is 0. The highest BCUT2D eigenvalue weighted by Crippen LogP contribution is 2.37. The number of carbonyl (C=O) groups is 2. The highest BCUT2D eigenvalue weighted by atomic mass is 16.4. The molecule has 7 nitrogen and oxygen atoms in total. The molecule has 5 N–H and O–H groups in total. The van der Waals surface area contributed by atoms with Crippen molar-refractivity contribution in [3.05, 3.63) is 47.5 Å². The summed E-state index contributed by atoms with van der Waals surface area (Å²) < 4.78 is 0. The molecule has 0 heterocycles. The molecule has 7 heteroatoms. The molecule has 21 heavy (non-hydrogen) atoms. The van der Waals surface area contributed by atoms with Gasteiger partial charge in [-0.25, -0.2) is 4.79 Å². The quantitative estimate of drug-likeness (QED) is 0.548. The summed E-state index contributed by atoms with van der Waals surface area (Å²) in [5.74, 6) is -4.03. The smallest absolute Gasteiger partial charge is 0.335 e. The van der Waals surface area contributed by atoms with Gasteiger partial charge in [0, 0.05) is 5.69 Å². The van der Waals surface area contributed by atoms with E-state index in [1.54, 1.807) is 0 Å². The molecule has 1 amide bonds. The van der Waals surface area contributed by atoms with E-state index in [9.17, 15) is 24.9 Å². The lowest BCUT2D eigenvalue weighted by atomic mass is 10.1. The second-order valence-electron chi connectivity index (χ2n) is 4.17. The maximum atomic E-state index is 12.0. The Morgan fingerprint density at radius 2 is 1.67 bits per heavy atom. The Hall–Kier alpha value is -3.22. The van der Waals surface area contributed by atoms with Gasteiger partial charge in [0.15, 0.2) is 11.5 Å². The number of aromatic carboxylic acids is 1. The van der Waals surface area contributed by atoms with Crippen molar-refractivity contribution >= 4 is 17.6 Å². The number of anilines is 1. The monoisotopic (exact) mass is 289 g/mol. The van der Waals surface area contributed by atoms with Crippen molar-refractivity contribution in [2.45, 2.75) is 0 Å². The summed E-state index contributed by atoms with van der Waals surface area (Å²) in [6.45, 7) is 0. The number of nitrogens with one attached hydrogen (secondary N) is 1. The highest BCUT2D eigenvalue weighted by Gasteiger charge is 2.17. The Labute approximate surface area is 118 Å². The number of carbonyl (C=O) groups excluding carboxylic acids is 1. The third-order valence-corrected chi connectivity index (χ3v) is 2.74. The minimum atomic E-state index is -1.14. The molecule has 0 unspecified atom stereocenters. The van der Waals surface area contributed by atoms with E-state index < -0.39 is 29.1 Å². The van der Waals surface area contributed by atoms with Crippen LogP contribution < -0.4 is 5.32 Å². The molecular formula is C14H11NO6. The Kier molecular flexibility index (Phi) is 3.66. The molecule has 0 radical (unpaired) electrons. The minimum Gasteiger partial charge on any atom is -0.504 e. The maximum Gasteiger partial charge on any atom is 0.335 e. The number of benzene rings is 2. The van der Waals surface area contributed by atoms with E-state index >= 15 is 0 Å². The summed E-state index contributed by atoms with van der Waals surface area (Å²) in [5.41, 5.74) is -0.0523. The van der Waals surface area contributed by atoms with Crippen LogP contribution in [0.4, 0.5) is 5.69 Å². The average Bonchev–Trinajstić information content (AvgIpc) is 2.45. The molecule has 108 valence electrons. The van der Waals surface area contributed by atoms with Crippen LogP contribution in [0.5, 0.6) is 17.2 Å². The van der Waals surface area contributed by atoms with E-state index in [1.165, 1.54) is 24.3 Å². The molecule has 2 rings (SSSR count). The molecule has 2 aromatic rings. The number of hydrogen-bond acceptors (Lipinski definition) is 5. The van der Waals surface area contributed by atoms with E-state index in [0.717, 1.165) is 12.1 Å². The third kappa shape index (κ3) is 2.86. The number of carboxylic acids is 1. The molecule has 0 aliphatic rings. The third-order valence-electron chi connectivity index (χ3n) is 2.74. The number of amides is 1. The van der Waals surface area contributed by atoms with Gasteiger partial charge >= 0.3 is 5.97 Å². The van der Waals surface area contributed by atoms with Crippen LogP contribution >= 0.6 is 0 Å². The molecule has 0 saturated carbocycles. The molecule has 2 aromatic carbocycles. The van der Waals surface area contributed by atoms with E-state index in [0.29, 0.717) is 0 Å². The SMILES string of the molecule is O=C(O)c1cccc(NC(=O)c2ccc(O)c(O)c2O)c1. The Morgan fingerprint density at radius 1 is 0.952 bits per heavy atom. The molecular weight excluding hydrogens is 278 g/mol. The first-order valence-electron chi connectivity index (χ1n) is 5.78. The van der Waals surface area contributed by atoms with Gasteiger partial charge in [-0.1, -0.05) is 6.07 Å². The van der Waals surface area contributed by atoms with E-state index in [2.05, 4.69) is 5.32 Å². The second-order valence-corrected chi connectivity index (χ2v) is 4.17. The average molecular weight is 289 g/mol. The van der Waals surface area contributed by atoms with E-state index in [4.69, 9.17) is 5.11 Å². The zero-order chi connectivity index (χ0) is 15.6. The Balaban J connectivity index is 2.28. The van der Waals surface area contributed by atoms with Crippen LogP contribution in [0, 0.1) is 0 Å². The first kappa shape index (κ1) is 14.2. The molecule has 0 aromatic heterocycles. The van der Waals surface area contributed by atoms with Crippen molar-refractivity contribution in [2.75, 3.05) is 5.32 Å². The zero-order valence-corrected chi connectivity index (χ0v) is 10.6. The fourth-order valence-electron chi connectivity index (χ4n) is 1.68. The van der Waals surface area contributed by atoms with Crippen molar-refractivity contribution < 1.29 is 30.0 Å². The fourth-order valence-corrected chi connectivity index (χ4v) is 1.68. The largest absolute Gasteiger partial charge is 0.504 e. The summed E-state index contributed by atoms with van der Waals surface area (Å²) in [5, 5.41) is 39.4. The fraction of sp³-hybridized carbons (Fsp3) is 0. The van der Waals surface area contributed by atoms with Crippen molar-refractivity contribution in [1.82, 2.24) is 0 Å². The predicted molar refractivity (Wildman–Crippen MR) is 72.8 cm³/mol.